The molecule has 0 radical (unpaired) electrons. The third kappa shape index (κ3) is 6.18. The summed E-state index contributed by atoms with van der Waals surface area (Å²) in [6.45, 7) is 0.834. The Morgan fingerprint density at radius 1 is 1.04 bits per heavy atom. The van der Waals surface area contributed by atoms with E-state index in [1.165, 1.54) is 12.1 Å². The van der Waals surface area contributed by atoms with Crippen LogP contribution in [-0.4, -0.2) is 30.9 Å². The molecule has 3 N–H and O–H groups in total. The van der Waals surface area contributed by atoms with Crippen molar-refractivity contribution in [2.75, 3.05) is 13.1 Å². The number of hydrogen-bond acceptors (Lipinski definition) is 3. The summed E-state index contributed by atoms with van der Waals surface area (Å²) in [6.07, 6.45) is 2.19. The van der Waals surface area contributed by atoms with Gasteiger partial charge in [-0.25, -0.2) is 4.39 Å². The molecule has 0 saturated heterocycles. The van der Waals surface area contributed by atoms with Crippen LogP contribution in [0, 0.1) is 5.82 Å². The van der Waals surface area contributed by atoms with Gasteiger partial charge < -0.3 is 16.0 Å². The minimum absolute atomic E-state index is 0.0465. The maximum absolute atomic E-state index is 13.2. The van der Waals surface area contributed by atoms with Crippen molar-refractivity contribution in [3.63, 3.8) is 0 Å². The highest BCUT2D eigenvalue weighted by Gasteiger charge is 2.28. The summed E-state index contributed by atoms with van der Waals surface area (Å²) in [5.41, 5.74) is 1.52. The zero-order valence-electron chi connectivity index (χ0n) is 15.1. The van der Waals surface area contributed by atoms with E-state index < -0.39 is 6.04 Å². The Morgan fingerprint density at radius 3 is 2.52 bits per heavy atom. The van der Waals surface area contributed by atoms with E-state index in [1.54, 1.807) is 12.1 Å². The third-order valence-corrected chi connectivity index (χ3v) is 4.37. The van der Waals surface area contributed by atoms with Crippen LogP contribution in [0.3, 0.4) is 0 Å². The monoisotopic (exact) mass is 369 g/mol. The maximum atomic E-state index is 13.2. The summed E-state index contributed by atoms with van der Waals surface area (Å²) in [5.74, 6) is -0.578. The smallest absolute Gasteiger partial charge is 0.241 e. The van der Waals surface area contributed by atoms with Crippen molar-refractivity contribution in [3.05, 3.63) is 71.5 Å². The van der Waals surface area contributed by atoms with Crippen LogP contribution >= 0.6 is 0 Å². The molecule has 2 aromatic rings. The Bertz CT molecular complexity index is 778. The second kappa shape index (κ2) is 9.28. The molecule has 0 spiro atoms. The minimum atomic E-state index is -0.452. The fourth-order valence-electron chi connectivity index (χ4n) is 2.83. The predicted molar refractivity (Wildman–Crippen MR) is 101 cm³/mol. The molecular weight excluding hydrogens is 345 g/mol. The van der Waals surface area contributed by atoms with Crippen molar-refractivity contribution in [3.8, 4) is 0 Å². The van der Waals surface area contributed by atoms with Crippen molar-refractivity contribution in [1.82, 2.24) is 16.0 Å². The molecule has 3 rings (SSSR count). The van der Waals surface area contributed by atoms with Crippen LogP contribution in [0.1, 0.15) is 30.0 Å². The van der Waals surface area contributed by atoms with E-state index in [0.717, 1.165) is 18.4 Å². The summed E-state index contributed by atoms with van der Waals surface area (Å²) >= 11 is 0. The van der Waals surface area contributed by atoms with Gasteiger partial charge in [-0.15, -0.1) is 0 Å². The molecule has 1 saturated carbocycles. The Balaban J connectivity index is 1.47. The molecule has 0 aromatic heterocycles. The van der Waals surface area contributed by atoms with Crippen LogP contribution in [-0.2, 0) is 16.0 Å². The molecule has 2 amide bonds. The lowest BCUT2D eigenvalue weighted by Crippen LogP contribution is -2.41. The molecule has 0 unspecified atom stereocenters. The number of benzene rings is 2. The summed E-state index contributed by atoms with van der Waals surface area (Å²) in [4.78, 5) is 24.5. The molecule has 1 aliphatic rings. The van der Waals surface area contributed by atoms with E-state index >= 15 is 0 Å². The molecule has 142 valence electrons. The van der Waals surface area contributed by atoms with E-state index in [9.17, 15) is 14.0 Å². The summed E-state index contributed by atoms with van der Waals surface area (Å²) in [5, 5.41) is 9.02. The first-order valence-electron chi connectivity index (χ1n) is 9.21. The zero-order valence-corrected chi connectivity index (χ0v) is 15.1. The average Bonchev–Trinajstić information content (AvgIpc) is 3.46. The SMILES string of the molecule is O=C(Cc1cccc(F)c1)NCCN[C@@H](C(=O)NC1CC1)c1ccccc1. The Hall–Kier alpha value is -2.73. The lowest BCUT2D eigenvalue weighted by atomic mass is 10.1. The van der Waals surface area contributed by atoms with Crippen LogP contribution in [0.5, 0.6) is 0 Å². The number of hydrogen-bond donors (Lipinski definition) is 3. The van der Waals surface area contributed by atoms with E-state index in [1.807, 2.05) is 30.3 Å². The predicted octanol–water partition coefficient (Wildman–Crippen LogP) is 2.09. The normalized spacial score (nSPS) is 14.4. The molecule has 5 nitrogen and oxygen atoms in total. The van der Waals surface area contributed by atoms with Crippen molar-refractivity contribution in [1.29, 1.82) is 0 Å². The number of nitrogens with one attached hydrogen (secondary N) is 3. The van der Waals surface area contributed by atoms with Gasteiger partial charge in [0.2, 0.25) is 11.8 Å². The van der Waals surface area contributed by atoms with Crippen LogP contribution in [0.15, 0.2) is 54.6 Å². The van der Waals surface area contributed by atoms with Gasteiger partial charge in [-0.05, 0) is 36.1 Å². The van der Waals surface area contributed by atoms with Crippen molar-refractivity contribution >= 4 is 11.8 Å². The number of carbonyl (C=O) groups is 2. The third-order valence-electron chi connectivity index (χ3n) is 4.37. The molecule has 27 heavy (non-hydrogen) atoms. The van der Waals surface area contributed by atoms with Gasteiger partial charge in [0.1, 0.15) is 11.9 Å². The van der Waals surface area contributed by atoms with Gasteiger partial charge >= 0.3 is 0 Å². The molecule has 1 aliphatic carbocycles. The van der Waals surface area contributed by atoms with Crippen LogP contribution in [0.2, 0.25) is 0 Å². The largest absolute Gasteiger partial charge is 0.355 e. The fourth-order valence-corrected chi connectivity index (χ4v) is 2.83. The second-order valence-corrected chi connectivity index (χ2v) is 6.74. The van der Waals surface area contributed by atoms with E-state index in [4.69, 9.17) is 0 Å². The van der Waals surface area contributed by atoms with Gasteiger partial charge in [0.05, 0.1) is 6.42 Å². The molecule has 1 fully saturated rings. The van der Waals surface area contributed by atoms with E-state index in [0.29, 0.717) is 18.7 Å². The quantitative estimate of drug-likeness (QED) is 0.593. The van der Waals surface area contributed by atoms with Crippen LogP contribution < -0.4 is 16.0 Å². The average molecular weight is 369 g/mol. The number of rotatable bonds is 9. The standard InChI is InChI=1S/C21H24FN3O2/c22-17-8-4-5-15(13-17)14-19(26)23-11-12-24-20(16-6-2-1-3-7-16)21(27)25-18-9-10-18/h1-8,13,18,20,24H,9-12,14H2,(H,23,26)(H,25,27)/t20-/m1/s1. The lowest BCUT2D eigenvalue weighted by molar-refractivity contribution is -0.123. The van der Waals surface area contributed by atoms with Gasteiger partial charge in [-0.3, -0.25) is 9.59 Å². The van der Waals surface area contributed by atoms with Crippen molar-refractivity contribution < 1.29 is 14.0 Å². The van der Waals surface area contributed by atoms with Gasteiger partial charge in [0.15, 0.2) is 0 Å². The van der Waals surface area contributed by atoms with Crippen molar-refractivity contribution in [2.24, 2.45) is 0 Å². The van der Waals surface area contributed by atoms with Crippen LogP contribution in [0.4, 0.5) is 4.39 Å². The van der Waals surface area contributed by atoms with Gasteiger partial charge in [0.25, 0.3) is 0 Å². The van der Waals surface area contributed by atoms with Crippen molar-refractivity contribution in [2.45, 2.75) is 31.3 Å². The number of amides is 2. The van der Waals surface area contributed by atoms with Gasteiger partial charge in [0, 0.05) is 19.1 Å². The highest BCUT2D eigenvalue weighted by Crippen LogP contribution is 2.21. The highest BCUT2D eigenvalue weighted by molar-refractivity contribution is 5.83. The molecule has 0 bridgehead atoms. The first-order chi connectivity index (χ1) is 13.1. The maximum Gasteiger partial charge on any atom is 0.241 e. The summed E-state index contributed by atoms with van der Waals surface area (Å²) < 4.78 is 13.2. The van der Waals surface area contributed by atoms with Crippen LogP contribution in [0.25, 0.3) is 0 Å². The highest BCUT2D eigenvalue weighted by atomic mass is 19.1. The lowest BCUT2D eigenvalue weighted by Gasteiger charge is -2.19. The topological polar surface area (TPSA) is 70.2 Å². The Morgan fingerprint density at radius 2 is 1.81 bits per heavy atom. The molecular formula is C21H24FN3O2. The molecule has 0 heterocycles. The Kier molecular flexibility index (Phi) is 6.54. The number of halogens is 1. The first kappa shape index (κ1) is 19.0. The number of carbonyl (C=O) groups excluding carboxylic acids is 2. The fraction of sp³-hybridized carbons (Fsp3) is 0.333. The molecule has 0 aliphatic heterocycles. The summed E-state index contributed by atoms with van der Waals surface area (Å²) in [6, 6.07) is 15.4. The van der Waals surface area contributed by atoms with Gasteiger partial charge in [-0.2, -0.15) is 0 Å². The second-order valence-electron chi connectivity index (χ2n) is 6.74. The summed E-state index contributed by atoms with van der Waals surface area (Å²) in [7, 11) is 0. The molecule has 1 atom stereocenters. The molecule has 6 heteroatoms. The first-order valence-corrected chi connectivity index (χ1v) is 9.21. The Labute approximate surface area is 158 Å². The van der Waals surface area contributed by atoms with E-state index in [2.05, 4.69) is 16.0 Å². The minimum Gasteiger partial charge on any atom is -0.355 e. The molecule has 2 aromatic carbocycles. The van der Waals surface area contributed by atoms with E-state index in [-0.39, 0.29) is 30.1 Å². The zero-order chi connectivity index (χ0) is 19.1. The van der Waals surface area contributed by atoms with Gasteiger partial charge in [-0.1, -0.05) is 42.5 Å².